The van der Waals surface area contributed by atoms with Gasteiger partial charge < -0.3 is 14.2 Å². The van der Waals surface area contributed by atoms with Crippen molar-refractivity contribution < 1.29 is 52.1 Å². The predicted molar refractivity (Wildman–Crippen MR) is 74.8 cm³/mol. The number of carbonyl (C=O) groups is 1. The Morgan fingerprint density at radius 3 is 2.45 bits per heavy atom. The quantitative estimate of drug-likeness (QED) is 0.480. The minimum absolute atomic E-state index is 0. The molecular formula is C14H18NNaO5S. The van der Waals surface area contributed by atoms with Gasteiger partial charge in [-0.05, 0) is 50.5 Å². The van der Waals surface area contributed by atoms with E-state index < -0.39 is 21.8 Å². The van der Waals surface area contributed by atoms with E-state index in [1.54, 1.807) is 31.7 Å². The molecular weight excluding hydrogens is 317 g/mol. The maximum atomic E-state index is 12.0. The summed E-state index contributed by atoms with van der Waals surface area (Å²) in [4.78, 5) is 13.3. The van der Waals surface area contributed by atoms with Crippen LogP contribution in [0.5, 0.6) is 0 Å². The molecule has 0 bridgehead atoms. The summed E-state index contributed by atoms with van der Waals surface area (Å²) in [6.45, 7) is 6.18. The van der Waals surface area contributed by atoms with Gasteiger partial charge in [0.05, 0.1) is 4.90 Å². The van der Waals surface area contributed by atoms with E-state index in [9.17, 15) is 17.8 Å². The second-order valence-electron chi connectivity index (χ2n) is 6.04. The molecule has 0 N–H and O–H groups in total. The number of hydrogen-bond acceptors (Lipinski definition) is 5. The molecule has 0 radical (unpaired) electrons. The summed E-state index contributed by atoms with van der Waals surface area (Å²) in [6, 6.07) is 4.25. The molecule has 0 fully saturated rings. The Hall–Kier alpha value is -0.600. The number of ether oxygens (including phenoxy) is 1. The molecule has 0 saturated heterocycles. The van der Waals surface area contributed by atoms with Crippen molar-refractivity contribution in [3.63, 3.8) is 0 Å². The fourth-order valence-electron chi connectivity index (χ4n) is 2.17. The molecule has 1 heterocycles. The topological polar surface area (TPSA) is 86.7 Å². The number of fused-ring (bicyclic) bond motifs is 1. The molecule has 0 spiro atoms. The van der Waals surface area contributed by atoms with Crippen LogP contribution in [0.1, 0.15) is 31.9 Å². The van der Waals surface area contributed by atoms with Gasteiger partial charge in [-0.3, -0.25) is 0 Å². The Balaban J connectivity index is 0.00000242. The monoisotopic (exact) mass is 335 g/mol. The molecule has 0 unspecified atom stereocenters. The SMILES string of the molecule is CC(C)(C)OC(=O)N1CCc2cc(S(=O)(=O)[O-])ccc2C1.[Na+]. The predicted octanol–water partition coefficient (Wildman–Crippen LogP) is -1.11. The normalized spacial score (nSPS) is 14.8. The van der Waals surface area contributed by atoms with Gasteiger partial charge in [-0.1, -0.05) is 6.07 Å². The van der Waals surface area contributed by atoms with Crippen LogP contribution in [0.2, 0.25) is 0 Å². The average Bonchev–Trinajstić information content (AvgIpc) is 2.34. The Morgan fingerprint density at radius 2 is 1.91 bits per heavy atom. The minimum Gasteiger partial charge on any atom is -0.744 e. The van der Waals surface area contributed by atoms with Gasteiger partial charge in [0.2, 0.25) is 0 Å². The third kappa shape index (κ3) is 4.96. The van der Waals surface area contributed by atoms with Crippen LogP contribution < -0.4 is 29.6 Å². The second kappa shape index (κ2) is 6.88. The van der Waals surface area contributed by atoms with Gasteiger partial charge in [-0.2, -0.15) is 0 Å². The summed E-state index contributed by atoms with van der Waals surface area (Å²) in [5, 5.41) is 0. The second-order valence-corrected chi connectivity index (χ2v) is 7.42. The van der Waals surface area contributed by atoms with Gasteiger partial charge in [-0.25, -0.2) is 13.2 Å². The molecule has 0 aromatic heterocycles. The first kappa shape index (κ1) is 19.4. The van der Waals surface area contributed by atoms with Gasteiger partial charge in [0.25, 0.3) is 0 Å². The van der Waals surface area contributed by atoms with E-state index in [1.807, 2.05) is 0 Å². The van der Waals surface area contributed by atoms with Crippen molar-refractivity contribution in [2.75, 3.05) is 6.54 Å². The third-order valence-corrected chi connectivity index (χ3v) is 3.96. The maximum absolute atomic E-state index is 12.0. The summed E-state index contributed by atoms with van der Waals surface area (Å²) in [5.74, 6) is 0. The van der Waals surface area contributed by atoms with Crippen molar-refractivity contribution in [3.05, 3.63) is 29.3 Å². The van der Waals surface area contributed by atoms with Crippen LogP contribution in [0.25, 0.3) is 0 Å². The summed E-state index contributed by atoms with van der Waals surface area (Å²) in [5.41, 5.74) is 1.06. The zero-order chi connectivity index (χ0) is 15.8. The van der Waals surface area contributed by atoms with Gasteiger partial charge in [0.1, 0.15) is 15.7 Å². The van der Waals surface area contributed by atoms with Crippen LogP contribution in [-0.2, 0) is 27.8 Å². The first-order valence-corrected chi connectivity index (χ1v) is 8.03. The number of hydrogen-bond donors (Lipinski definition) is 0. The van der Waals surface area contributed by atoms with E-state index in [0.717, 1.165) is 11.1 Å². The molecule has 1 aliphatic heterocycles. The molecule has 2 rings (SSSR count). The van der Waals surface area contributed by atoms with Gasteiger partial charge in [0.15, 0.2) is 0 Å². The van der Waals surface area contributed by atoms with Crippen molar-refractivity contribution >= 4 is 16.2 Å². The standard InChI is InChI=1S/C14H19NO5S.Na/c1-14(2,3)20-13(16)15-7-6-10-8-12(21(17,18)19)5-4-11(10)9-15;/h4-5,8H,6-7,9H2,1-3H3,(H,17,18,19);/q;+1/p-1. The van der Waals surface area contributed by atoms with Crippen molar-refractivity contribution in [3.8, 4) is 0 Å². The Kier molecular flexibility index (Phi) is 6.08. The van der Waals surface area contributed by atoms with Crippen LogP contribution in [0.4, 0.5) is 4.79 Å². The molecule has 116 valence electrons. The number of benzene rings is 1. The zero-order valence-corrected chi connectivity index (χ0v) is 16.1. The van der Waals surface area contributed by atoms with E-state index in [1.165, 1.54) is 12.1 Å². The van der Waals surface area contributed by atoms with Crippen molar-refractivity contribution in [1.82, 2.24) is 4.90 Å². The van der Waals surface area contributed by atoms with E-state index in [4.69, 9.17) is 4.74 Å². The van der Waals surface area contributed by atoms with E-state index in [0.29, 0.717) is 19.5 Å². The van der Waals surface area contributed by atoms with Crippen LogP contribution >= 0.6 is 0 Å². The van der Waals surface area contributed by atoms with Gasteiger partial charge >= 0.3 is 35.7 Å². The Labute approximate surface area is 152 Å². The molecule has 0 aliphatic carbocycles. The fraction of sp³-hybridized carbons (Fsp3) is 0.500. The Morgan fingerprint density at radius 1 is 1.27 bits per heavy atom. The maximum Gasteiger partial charge on any atom is 1.00 e. The average molecular weight is 335 g/mol. The van der Waals surface area contributed by atoms with Crippen molar-refractivity contribution in [1.29, 1.82) is 0 Å². The molecule has 8 heteroatoms. The van der Waals surface area contributed by atoms with Crippen molar-refractivity contribution in [2.24, 2.45) is 0 Å². The van der Waals surface area contributed by atoms with Gasteiger partial charge in [-0.15, -0.1) is 0 Å². The van der Waals surface area contributed by atoms with Crippen LogP contribution in [0.3, 0.4) is 0 Å². The molecule has 1 aromatic carbocycles. The third-order valence-electron chi connectivity index (χ3n) is 3.13. The van der Waals surface area contributed by atoms with E-state index in [-0.39, 0.29) is 34.5 Å². The molecule has 1 aromatic rings. The van der Waals surface area contributed by atoms with Crippen LogP contribution in [0.15, 0.2) is 23.1 Å². The smallest absolute Gasteiger partial charge is 0.744 e. The Bertz CT molecular complexity index is 666. The summed E-state index contributed by atoms with van der Waals surface area (Å²) in [6.07, 6.45) is 0.103. The largest absolute Gasteiger partial charge is 1.00 e. The first-order valence-electron chi connectivity index (χ1n) is 6.62. The summed E-state index contributed by atoms with van der Waals surface area (Å²) >= 11 is 0. The number of amides is 1. The number of rotatable bonds is 1. The van der Waals surface area contributed by atoms with Crippen LogP contribution in [-0.4, -0.2) is 36.1 Å². The first-order chi connectivity index (χ1) is 9.56. The molecule has 0 saturated carbocycles. The number of nitrogens with zero attached hydrogens (tertiary/aromatic N) is 1. The molecule has 1 aliphatic rings. The molecule has 22 heavy (non-hydrogen) atoms. The van der Waals surface area contributed by atoms with E-state index in [2.05, 4.69) is 0 Å². The minimum atomic E-state index is -4.45. The van der Waals surface area contributed by atoms with Gasteiger partial charge in [0, 0.05) is 13.1 Å². The molecule has 6 nitrogen and oxygen atoms in total. The molecule has 1 amide bonds. The summed E-state index contributed by atoms with van der Waals surface area (Å²) in [7, 11) is -4.45. The summed E-state index contributed by atoms with van der Waals surface area (Å²) < 4.78 is 38.3. The van der Waals surface area contributed by atoms with Crippen molar-refractivity contribution in [2.45, 2.75) is 44.2 Å². The fourth-order valence-corrected chi connectivity index (χ4v) is 2.69. The molecule has 0 atom stereocenters. The number of carbonyl (C=O) groups excluding carboxylic acids is 1. The van der Waals surface area contributed by atoms with Crippen LogP contribution in [0, 0.1) is 0 Å². The van der Waals surface area contributed by atoms with E-state index >= 15 is 0 Å². The zero-order valence-electron chi connectivity index (χ0n) is 13.3.